The molecule has 218 valence electrons. The lowest BCUT2D eigenvalue weighted by Gasteiger charge is -2.54. The van der Waals surface area contributed by atoms with E-state index in [0.717, 1.165) is 73.7 Å². The second kappa shape index (κ2) is 11.2. The summed E-state index contributed by atoms with van der Waals surface area (Å²) in [7, 11) is 4.22. The number of carbonyl (C=O) groups excluding carboxylic acids is 1. The van der Waals surface area contributed by atoms with Gasteiger partial charge in [-0.05, 0) is 82.7 Å². The molecule has 0 bridgehead atoms. The lowest BCUT2D eigenvalue weighted by molar-refractivity contribution is 0.0900. The highest BCUT2D eigenvalue weighted by Gasteiger charge is 2.44. The molecule has 0 atom stereocenters. The van der Waals surface area contributed by atoms with E-state index in [-0.39, 0.29) is 12.2 Å². The molecule has 9 heteroatoms. The van der Waals surface area contributed by atoms with Crippen molar-refractivity contribution in [1.82, 2.24) is 34.5 Å². The number of likely N-dealkylation sites (tertiary alicyclic amines) is 2. The lowest BCUT2D eigenvalue weighted by Crippen LogP contribution is -2.60. The monoisotopic (exact) mass is 564 g/mol. The Balaban J connectivity index is 1.06. The Morgan fingerprint density at radius 2 is 1.74 bits per heavy atom. The molecule has 1 aromatic carbocycles. The van der Waals surface area contributed by atoms with Crippen LogP contribution in [0.15, 0.2) is 48.9 Å². The van der Waals surface area contributed by atoms with Crippen LogP contribution in [0.5, 0.6) is 0 Å². The number of fused-ring (bicyclic) bond motifs is 1. The van der Waals surface area contributed by atoms with Crippen LogP contribution >= 0.6 is 0 Å². The van der Waals surface area contributed by atoms with Crippen LogP contribution in [0.25, 0.3) is 22.0 Å². The molecule has 0 amide bonds. The molecule has 3 aliphatic heterocycles. The van der Waals surface area contributed by atoms with E-state index in [1.807, 2.05) is 36.3 Å². The van der Waals surface area contributed by atoms with E-state index < -0.39 is 0 Å². The zero-order valence-electron chi connectivity index (χ0n) is 24.8. The first kappa shape index (κ1) is 27.2. The SMILES string of the molecule is CN1CCC2(CC1)CN(c1cc(C(=O)Cc3ncc4ccc(-c5cnn(C)c5CN5CCCCC5)cc4n3)ccn1)C2. The minimum atomic E-state index is 0.0137. The highest BCUT2D eigenvalue weighted by atomic mass is 16.1. The van der Waals surface area contributed by atoms with Crippen molar-refractivity contribution in [3.63, 3.8) is 0 Å². The minimum Gasteiger partial charge on any atom is -0.355 e. The standard InChI is InChI=1S/C33H40N8O/c1-38-14-9-33(10-15-38)22-41(23-33)32-17-25(8-11-34-32)30(42)18-31-35-19-26-7-6-24(16-28(26)37-31)27-20-36-39(2)29(27)21-40-12-4-3-5-13-40/h6-8,11,16-17,19-20H,3-5,9-10,12-15,18,21-23H2,1-2H3. The van der Waals surface area contributed by atoms with Crippen molar-refractivity contribution in [2.45, 2.75) is 45.1 Å². The van der Waals surface area contributed by atoms with Gasteiger partial charge in [0.05, 0.1) is 23.8 Å². The topological polar surface area (TPSA) is 83.3 Å². The van der Waals surface area contributed by atoms with Crippen LogP contribution in [0.2, 0.25) is 0 Å². The first-order chi connectivity index (χ1) is 20.4. The maximum absolute atomic E-state index is 13.3. The van der Waals surface area contributed by atoms with Crippen LogP contribution in [-0.2, 0) is 20.0 Å². The predicted octanol–water partition coefficient (Wildman–Crippen LogP) is 4.37. The first-order valence-corrected chi connectivity index (χ1v) is 15.4. The predicted molar refractivity (Wildman–Crippen MR) is 165 cm³/mol. The molecule has 6 heterocycles. The van der Waals surface area contributed by atoms with Gasteiger partial charge < -0.3 is 9.80 Å². The Kier molecular flexibility index (Phi) is 7.23. The quantitative estimate of drug-likeness (QED) is 0.306. The molecule has 0 aliphatic carbocycles. The maximum Gasteiger partial charge on any atom is 0.170 e. The Morgan fingerprint density at radius 1 is 0.929 bits per heavy atom. The summed E-state index contributed by atoms with van der Waals surface area (Å²) in [6.45, 7) is 7.56. The number of ketones is 1. The average Bonchev–Trinajstić information content (AvgIpc) is 3.36. The fraction of sp³-hybridized carbons (Fsp3) is 0.485. The third-order valence-electron chi connectivity index (χ3n) is 9.64. The van der Waals surface area contributed by atoms with Crippen molar-refractivity contribution < 1.29 is 4.79 Å². The van der Waals surface area contributed by atoms with Crippen molar-refractivity contribution in [2.75, 3.05) is 51.2 Å². The second-order valence-corrected chi connectivity index (χ2v) is 12.7. The number of nitrogens with zero attached hydrogens (tertiary/aromatic N) is 8. The molecule has 7 rings (SSSR count). The number of pyridine rings is 1. The molecule has 0 unspecified atom stereocenters. The average molecular weight is 565 g/mol. The van der Waals surface area contributed by atoms with E-state index in [4.69, 9.17) is 4.98 Å². The number of hydrogen-bond donors (Lipinski definition) is 0. The summed E-state index contributed by atoms with van der Waals surface area (Å²) in [5, 5.41) is 5.55. The summed E-state index contributed by atoms with van der Waals surface area (Å²) in [4.78, 5) is 34.5. The number of carbonyl (C=O) groups is 1. The summed E-state index contributed by atoms with van der Waals surface area (Å²) < 4.78 is 1.99. The lowest BCUT2D eigenvalue weighted by atomic mass is 9.72. The van der Waals surface area contributed by atoms with E-state index in [9.17, 15) is 4.79 Å². The van der Waals surface area contributed by atoms with Gasteiger partial charge in [-0.1, -0.05) is 18.6 Å². The van der Waals surface area contributed by atoms with Crippen LogP contribution in [0, 0.1) is 5.41 Å². The number of rotatable bonds is 7. The number of piperidine rings is 2. The number of anilines is 1. The summed E-state index contributed by atoms with van der Waals surface area (Å²) in [5.74, 6) is 1.45. The third-order valence-corrected chi connectivity index (χ3v) is 9.64. The van der Waals surface area contributed by atoms with Crippen molar-refractivity contribution in [2.24, 2.45) is 12.5 Å². The van der Waals surface area contributed by atoms with Crippen LogP contribution in [0.3, 0.4) is 0 Å². The largest absolute Gasteiger partial charge is 0.355 e. The highest BCUT2D eigenvalue weighted by molar-refractivity contribution is 5.98. The van der Waals surface area contributed by atoms with Crippen LogP contribution in [0.4, 0.5) is 5.82 Å². The minimum absolute atomic E-state index is 0.0137. The van der Waals surface area contributed by atoms with Gasteiger partial charge in [-0.15, -0.1) is 0 Å². The molecule has 3 aromatic heterocycles. The maximum atomic E-state index is 13.3. The molecule has 42 heavy (non-hydrogen) atoms. The van der Waals surface area contributed by atoms with Gasteiger partial charge in [0, 0.05) is 61.0 Å². The smallest absolute Gasteiger partial charge is 0.170 e. The van der Waals surface area contributed by atoms with Crippen molar-refractivity contribution in [1.29, 1.82) is 0 Å². The normalized spacial score (nSPS) is 19.3. The van der Waals surface area contributed by atoms with Gasteiger partial charge >= 0.3 is 0 Å². The molecule has 0 N–H and O–H groups in total. The molecular formula is C33H40N8O. The molecule has 0 saturated carbocycles. The van der Waals surface area contributed by atoms with Gasteiger partial charge in [0.2, 0.25) is 0 Å². The van der Waals surface area contributed by atoms with E-state index in [0.29, 0.717) is 16.8 Å². The van der Waals surface area contributed by atoms with Gasteiger partial charge in [-0.25, -0.2) is 15.0 Å². The summed E-state index contributed by atoms with van der Waals surface area (Å²) in [6, 6.07) is 10.0. The molecule has 3 fully saturated rings. The van der Waals surface area contributed by atoms with Gasteiger partial charge in [-0.3, -0.25) is 14.4 Å². The number of benzene rings is 1. The molecular weight excluding hydrogens is 524 g/mol. The Labute approximate surface area is 247 Å². The highest BCUT2D eigenvalue weighted by Crippen LogP contribution is 2.42. The van der Waals surface area contributed by atoms with Gasteiger partial charge in [0.25, 0.3) is 0 Å². The Bertz CT molecular complexity index is 1590. The van der Waals surface area contributed by atoms with Crippen LogP contribution in [0.1, 0.15) is 54.0 Å². The second-order valence-electron chi connectivity index (χ2n) is 12.7. The molecule has 1 spiro atoms. The van der Waals surface area contributed by atoms with E-state index in [2.05, 4.69) is 55.0 Å². The summed E-state index contributed by atoms with van der Waals surface area (Å²) in [6.07, 6.45) is 12.0. The summed E-state index contributed by atoms with van der Waals surface area (Å²) in [5.41, 5.74) is 5.37. The third kappa shape index (κ3) is 5.43. The fourth-order valence-electron chi connectivity index (χ4n) is 6.88. The zero-order chi connectivity index (χ0) is 28.7. The van der Waals surface area contributed by atoms with Gasteiger partial charge in [0.1, 0.15) is 11.6 Å². The Morgan fingerprint density at radius 3 is 2.55 bits per heavy atom. The van der Waals surface area contributed by atoms with Gasteiger partial charge in [-0.2, -0.15) is 5.10 Å². The van der Waals surface area contributed by atoms with Crippen molar-refractivity contribution in [3.8, 4) is 11.1 Å². The zero-order valence-corrected chi connectivity index (χ0v) is 24.8. The number of hydrogen-bond acceptors (Lipinski definition) is 8. The first-order valence-electron chi connectivity index (χ1n) is 15.4. The van der Waals surface area contributed by atoms with E-state index in [1.54, 1.807) is 6.20 Å². The molecule has 3 aliphatic rings. The molecule has 9 nitrogen and oxygen atoms in total. The number of Topliss-reactive ketones (excluding diaryl/α,β-unsaturated/α-hetero) is 1. The number of aryl methyl sites for hydroxylation is 1. The van der Waals surface area contributed by atoms with Crippen LogP contribution in [-0.4, -0.2) is 86.6 Å². The van der Waals surface area contributed by atoms with E-state index in [1.165, 1.54) is 37.8 Å². The molecule has 4 aromatic rings. The van der Waals surface area contributed by atoms with E-state index >= 15 is 0 Å². The van der Waals surface area contributed by atoms with Crippen LogP contribution < -0.4 is 4.90 Å². The van der Waals surface area contributed by atoms with Crippen molar-refractivity contribution >= 4 is 22.5 Å². The number of aromatic nitrogens is 5. The fourth-order valence-corrected chi connectivity index (χ4v) is 6.88. The Hall–Kier alpha value is -3.69. The summed E-state index contributed by atoms with van der Waals surface area (Å²) >= 11 is 0. The molecule has 3 saturated heterocycles. The molecule has 0 radical (unpaired) electrons. The van der Waals surface area contributed by atoms with Crippen molar-refractivity contribution in [3.05, 3.63) is 66.0 Å². The van der Waals surface area contributed by atoms with Gasteiger partial charge in [0.15, 0.2) is 5.78 Å².